The number of hydrogen-bond donors (Lipinski definition) is 2. The zero-order valence-electron chi connectivity index (χ0n) is 11.0. The highest BCUT2D eigenvalue weighted by Crippen LogP contribution is 2.12. The van der Waals surface area contributed by atoms with Gasteiger partial charge in [-0.15, -0.1) is 0 Å². The van der Waals surface area contributed by atoms with Crippen molar-refractivity contribution in [3.05, 3.63) is 57.7 Å². The van der Waals surface area contributed by atoms with Gasteiger partial charge in [-0.25, -0.2) is 4.79 Å². The summed E-state index contributed by atoms with van der Waals surface area (Å²) in [5, 5.41) is 5.59. The average Bonchev–Trinajstić information content (AvgIpc) is 2.48. The van der Waals surface area contributed by atoms with Crippen molar-refractivity contribution >= 4 is 34.3 Å². The van der Waals surface area contributed by atoms with Crippen LogP contribution in [0, 0.1) is 3.57 Å². The molecule has 2 aromatic rings. The lowest BCUT2D eigenvalue weighted by molar-refractivity contribution is 0.251. The number of hydrogen-bond acceptors (Lipinski definition) is 2. The minimum Gasteiger partial charge on any atom is -0.497 e. The quantitative estimate of drug-likeness (QED) is 0.794. The second-order valence-corrected chi connectivity index (χ2v) is 5.41. The molecule has 0 unspecified atom stereocenters. The second-order valence-electron chi connectivity index (χ2n) is 4.16. The predicted octanol–water partition coefficient (Wildman–Crippen LogP) is 3.62. The molecule has 0 aliphatic heterocycles. The first kappa shape index (κ1) is 14.6. The minimum absolute atomic E-state index is 0.220. The Morgan fingerprint density at radius 3 is 2.35 bits per heavy atom. The number of halogens is 1. The maximum atomic E-state index is 11.7. The summed E-state index contributed by atoms with van der Waals surface area (Å²) in [6.07, 6.45) is 0. The monoisotopic (exact) mass is 382 g/mol. The van der Waals surface area contributed by atoms with Crippen LogP contribution < -0.4 is 15.4 Å². The summed E-state index contributed by atoms with van der Waals surface area (Å²) in [4.78, 5) is 11.7. The molecule has 4 nitrogen and oxygen atoms in total. The normalized spacial score (nSPS) is 9.90. The number of anilines is 1. The van der Waals surface area contributed by atoms with Crippen LogP contribution in [-0.2, 0) is 6.54 Å². The molecule has 0 fully saturated rings. The van der Waals surface area contributed by atoms with E-state index in [0.29, 0.717) is 6.54 Å². The first-order chi connectivity index (χ1) is 9.67. The first-order valence-corrected chi connectivity index (χ1v) is 7.18. The Bertz CT molecular complexity index is 567. The van der Waals surface area contributed by atoms with E-state index < -0.39 is 0 Å². The van der Waals surface area contributed by atoms with Gasteiger partial charge in [0, 0.05) is 15.8 Å². The summed E-state index contributed by atoms with van der Waals surface area (Å²) >= 11 is 2.22. The summed E-state index contributed by atoms with van der Waals surface area (Å²) in [6, 6.07) is 15.0. The lowest BCUT2D eigenvalue weighted by Crippen LogP contribution is -2.28. The Hall–Kier alpha value is -1.76. The first-order valence-electron chi connectivity index (χ1n) is 6.11. The topological polar surface area (TPSA) is 50.4 Å². The van der Waals surface area contributed by atoms with Gasteiger partial charge >= 0.3 is 6.03 Å². The Morgan fingerprint density at radius 2 is 1.75 bits per heavy atom. The van der Waals surface area contributed by atoms with Gasteiger partial charge < -0.3 is 15.4 Å². The van der Waals surface area contributed by atoms with Crippen LogP contribution in [0.4, 0.5) is 10.5 Å². The highest BCUT2D eigenvalue weighted by molar-refractivity contribution is 14.1. The zero-order valence-corrected chi connectivity index (χ0v) is 13.2. The molecule has 2 rings (SSSR count). The van der Waals surface area contributed by atoms with Gasteiger partial charge in [0.1, 0.15) is 5.75 Å². The number of nitrogens with one attached hydrogen (secondary N) is 2. The number of amides is 2. The van der Waals surface area contributed by atoms with Crippen LogP contribution in [-0.4, -0.2) is 13.1 Å². The van der Waals surface area contributed by atoms with Crippen molar-refractivity contribution in [2.24, 2.45) is 0 Å². The van der Waals surface area contributed by atoms with Crippen LogP contribution in [0.2, 0.25) is 0 Å². The molecule has 0 aliphatic carbocycles. The molecule has 2 amide bonds. The average molecular weight is 382 g/mol. The molecule has 0 aliphatic rings. The molecule has 0 atom stereocenters. The number of carbonyl (C=O) groups excluding carboxylic acids is 1. The van der Waals surface area contributed by atoms with Gasteiger partial charge in [-0.1, -0.05) is 12.1 Å². The number of rotatable bonds is 4. The number of urea groups is 1. The van der Waals surface area contributed by atoms with E-state index in [2.05, 4.69) is 33.2 Å². The van der Waals surface area contributed by atoms with E-state index in [1.54, 1.807) is 7.11 Å². The Kier molecular flexibility index (Phi) is 5.23. The molecule has 104 valence electrons. The van der Waals surface area contributed by atoms with Gasteiger partial charge in [0.2, 0.25) is 0 Å². The molecule has 0 saturated heterocycles. The fourth-order valence-corrected chi connectivity index (χ4v) is 1.99. The third-order valence-electron chi connectivity index (χ3n) is 2.71. The summed E-state index contributed by atoms with van der Waals surface area (Å²) in [5.41, 5.74) is 1.79. The molecule has 20 heavy (non-hydrogen) atoms. The molecule has 0 bridgehead atoms. The third-order valence-corrected chi connectivity index (χ3v) is 3.43. The van der Waals surface area contributed by atoms with E-state index in [9.17, 15) is 4.79 Å². The van der Waals surface area contributed by atoms with Crippen molar-refractivity contribution < 1.29 is 9.53 Å². The fourth-order valence-electron chi connectivity index (χ4n) is 1.63. The lowest BCUT2D eigenvalue weighted by atomic mass is 10.2. The maximum Gasteiger partial charge on any atom is 0.319 e. The molecule has 0 spiro atoms. The molecule has 2 N–H and O–H groups in total. The van der Waals surface area contributed by atoms with Gasteiger partial charge in [-0.3, -0.25) is 0 Å². The van der Waals surface area contributed by atoms with Crippen LogP contribution in [0.5, 0.6) is 5.75 Å². The highest BCUT2D eigenvalue weighted by atomic mass is 127. The fraction of sp³-hybridized carbons (Fsp3) is 0.133. The van der Waals surface area contributed by atoms with Gasteiger partial charge in [-0.05, 0) is 64.6 Å². The molecule has 0 aromatic heterocycles. The summed E-state index contributed by atoms with van der Waals surface area (Å²) in [6.45, 7) is 0.472. The van der Waals surface area contributed by atoms with E-state index in [-0.39, 0.29) is 6.03 Å². The van der Waals surface area contributed by atoms with E-state index in [0.717, 1.165) is 20.6 Å². The molecule has 5 heteroatoms. The van der Waals surface area contributed by atoms with Crippen molar-refractivity contribution in [1.29, 1.82) is 0 Å². The Balaban J connectivity index is 1.83. The van der Waals surface area contributed by atoms with Crippen molar-refractivity contribution in [2.75, 3.05) is 12.4 Å². The number of ether oxygens (including phenoxy) is 1. The zero-order chi connectivity index (χ0) is 14.4. The Labute approximate surface area is 131 Å². The molecule has 0 heterocycles. The standard InChI is InChI=1S/C15H15IN2O2/c1-20-14-8-2-11(3-9-14)10-17-15(19)18-13-6-4-12(16)5-7-13/h2-9H,10H2,1H3,(H2,17,18,19). The van der Waals surface area contributed by atoms with Gasteiger partial charge in [0.25, 0.3) is 0 Å². The van der Waals surface area contributed by atoms with Crippen molar-refractivity contribution in [1.82, 2.24) is 5.32 Å². The van der Waals surface area contributed by atoms with E-state index in [1.165, 1.54) is 0 Å². The van der Waals surface area contributed by atoms with Crippen LogP contribution >= 0.6 is 22.6 Å². The summed E-state index contributed by atoms with van der Waals surface area (Å²) in [7, 11) is 1.63. The van der Waals surface area contributed by atoms with Crippen molar-refractivity contribution in [3.8, 4) is 5.75 Å². The van der Waals surface area contributed by atoms with Crippen LogP contribution in [0.15, 0.2) is 48.5 Å². The van der Waals surface area contributed by atoms with Crippen molar-refractivity contribution in [3.63, 3.8) is 0 Å². The number of carbonyl (C=O) groups is 1. The minimum atomic E-state index is -0.220. The lowest BCUT2D eigenvalue weighted by Gasteiger charge is -2.08. The van der Waals surface area contributed by atoms with Crippen LogP contribution in [0.25, 0.3) is 0 Å². The van der Waals surface area contributed by atoms with Crippen molar-refractivity contribution in [2.45, 2.75) is 6.54 Å². The maximum absolute atomic E-state index is 11.7. The molecule has 2 aromatic carbocycles. The number of methoxy groups -OCH3 is 1. The molecule has 0 saturated carbocycles. The summed E-state index contributed by atoms with van der Waals surface area (Å²) < 4.78 is 6.21. The number of benzene rings is 2. The van der Waals surface area contributed by atoms with E-state index in [4.69, 9.17) is 4.74 Å². The Morgan fingerprint density at radius 1 is 1.10 bits per heavy atom. The predicted molar refractivity (Wildman–Crippen MR) is 88.0 cm³/mol. The molecular formula is C15H15IN2O2. The summed E-state index contributed by atoms with van der Waals surface area (Å²) in [5.74, 6) is 0.803. The van der Waals surface area contributed by atoms with E-state index in [1.807, 2.05) is 48.5 Å². The smallest absolute Gasteiger partial charge is 0.319 e. The van der Waals surface area contributed by atoms with Crippen LogP contribution in [0.3, 0.4) is 0 Å². The van der Waals surface area contributed by atoms with Crippen LogP contribution in [0.1, 0.15) is 5.56 Å². The molecular weight excluding hydrogens is 367 g/mol. The largest absolute Gasteiger partial charge is 0.497 e. The van der Waals surface area contributed by atoms with Gasteiger partial charge in [-0.2, -0.15) is 0 Å². The van der Waals surface area contributed by atoms with Gasteiger partial charge in [0.15, 0.2) is 0 Å². The SMILES string of the molecule is COc1ccc(CNC(=O)Nc2ccc(I)cc2)cc1. The third kappa shape index (κ3) is 4.41. The highest BCUT2D eigenvalue weighted by Gasteiger charge is 2.01. The second kappa shape index (κ2) is 7.14. The van der Waals surface area contributed by atoms with E-state index >= 15 is 0 Å². The van der Waals surface area contributed by atoms with Gasteiger partial charge in [0.05, 0.1) is 7.11 Å². The molecule has 0 radical (unpaired) electrons.